The number of hydrogen-bond acceptors (Lipinski definition) is 11. The second-order valence-electron chi connectivity index (χ2n) is 10.0. The summed E-state index contributed by atoms with van der Waals surface area (Å²) in [7, 11) is 2.05. The third-order valence-corrected chi connectivity index (χ3v) is 8.15. The van der Waals surface area contributed by atoms with Crippen molar-refractivity contribution in [3.63, 3.8) is 0 Å². The number of benzene rings is 1. The molecule has 1 aliphatic heterocycles. The fourth-order valence-electron chi connectivity index (χ4n) is 5.10. The number of para-hydroxylation sites is 1. The molecule has 39 heavy (non-hydrogen) atoms. The van der Waals surface area contributed by atoms with Gasteiger partial charge in [0.15, 0.2) is 5.13 Å². The number of rotatable bonds is 9. The molecule has 0 radical (unpaired) electrons. The first-order valence-corrected chi connectivity index (χ1v) is 14.4. The summed E-state index contributed by atoms with van der Waals surface area (Å²) in [6, 6.07) is 15.1. The zero-order valence-corrected chi connectivity index (χ0v) is 22.9. The van der Waals surface area contributed by atoms with E-state index in [1.54, 1.807) is 6.20 Å². The Morgan fingerprint density at radius 2 is 1.77 bits per heavy atom. The van der Waals surface area contributed by atoms with Crippen LogP contribution in [-0.2, 0) is 11.3 Å². The monoisotopic (exact) mass is 546 g/mol. The smallest absolute Gasteiger partial charge is 0.216 e. The van der Waals surface area contributed by atoms with Crippen molar-refractivity contribution in [3.05, 3.63) is 54.2 Å². The van der Waals surface area contributed by atoms with E-state index in [1.165, 1.54) is 34.5 Å². The Hall–Kier alpha value is -3.45. The van der Waals surface area contributed by atoms with Gasteiger partial charge in [-0.05, 0) is 67.8 Å². The van der Waals surface area contributed by atoms with Crippen molar-refractivity contribution < 1.29 is 4.74 Å². The van der Waals surface area contributed by atoms with E-state index < -0.39 is 0 Å². The quantitative estimate of drug-likeness (QED) is 0.287. The Balaban J connectivity index is 1.18. The van der Waals surface area contributed by atoms with E-state index in [-0.39, 0.29) is 0 Å². The fraction of sp³-hybridized carbons (Fsp3) is 0.444. The molecule has 1 aliphatic carbocycles. The van der Waals surface area contributed by atoms with Crippen LogP contribution in [0.3, 0.4) is 0 Å². The van der Waals surface area contributed by atoms with Crippen LogP contribution in [0.5, 0.6) is 0 Å². The number of morpholine rings is 1. The molecule has 1 saturated carbocycles. The molecule has 0 bridgehead atoms. The van der Waals surface area contributed by atoms with Gasteiger partial charge in [-0.2, -0.15) is 0 Å². The molecule has 1 aromatic carbocycles. The number of ether oxygens (including phenoxy) is 1. The maximum absolute atomic E-state index is 5.54. The standard InChI is InChI=1S/C27H34N10OS/c1-28-20-7-9-21(10-8-20)30-24-15-19(18-36-11-13-38-14-12-36)16-25(31-24)32-27-29-17-23(39-27)26-33-35-37(34-26)22-5-3-2-4-6-22/h2-6,15-17,20-21,28H,7-14,18H2,1H3,(H2,29,30,31,32)/t20-,21-. The van der Waals surface area contributed by atoms with E-state index >= 15 is 0 Å². The van der Waals surface area contributed by atoms with Crippen LogP contribution in [0.1, 0.15) is 31.2 Å². The predicted molar refractivity (Wildman–Crippen MR) is 153 cm³/mol. The first kappa shape index (κ1) is 25.8. The Morgan fingerprint density at radius 1 is 1.00 bits per heavy atom. The lowest BCUT2D eigenvalue weighted by atomic mass is 9.91. The zero-order valence-electron chi connectivity index (χ0n) is 22.1. The third kappa shape index (κ3) is 6.59. The van der Waals surface area contributed by atoms with Gasteiger partial charge in [0.05, 0.1) is 30.0 Å². The largest absolute Gasteiger partial charge is 0.379 e. The van der Waals surface area contributed by atoms with Crippen molar-refractivity contribution in [1.29, 1.82) is 0 Å². The highest BCUT2D eigenvalue weighted by Crippen LogP contribution is 2.30. The Morgan fingerprint density at radius 3 is 2.56 bits per heavy atom. The molecule has 11 nitrogen and oxygen atoms in total. The van der Waals surface area contributed by atoms with E-state index in [0.29, 0.717) is 17.9 Å². The summed E-state index contributed by atoms with van der Waals surface area (Å²) in [4.78, 5) is 14.3. The van der Waals surface area contributed by atoms with Gasteiger partial charge in [0.1, 0.15) is 11.6 Å². The van der Waals surface area contributed by atoms with Crippen LogP contribution in [0.25, 0.3) is 16.4 Å². The Labute approximate surface area is 232 Å². The maximum Gasteiger partial charge on any atom is 0.216 e. The first-order valence-electron chi connectivity index (χ1n) is 13.6. The van der Waals surface area contributed by atoms with Crippen LogP contribution in [-0.4, -0.2) is 80.5 Å². The number of tetrazole rings is 1. The highest BCUT2D eigenvalue weighted by Gasteiger charge is 2.21. The number of pyridine rings is 1. The van der Waals surface area contributed by atoms with Crippen LogP contribution in [0.4, 0.5) is 16.8 Å². The highest BCUT2D eigenvalue weighted by atomic mass is 32.1. The highest BCUT2D eigenvalue weighted by molar-refractivity contribution is 7.18. The second-order valence-corrected chi connectivity index (χ2v) is 11.0. The molecule has 6 rings (SSSR count). The predicted octanol–water partition coefficient (Wildman–Crippen LogP) is 3.70. The van der Waals surface area contributed by atoms with Gasteiger partial charge in [-0.25, -0.2) is 9.97 Å². The van der Waals surface area contributed by atoms with Gasteiger partial charge < -0.3 is 20.7 Å². The molecule has 3 aromatic heterocycles. The van der Waals surface area contributed by atoms with Gasteiger partial charge >= 0.3 is 0 Å². The van der Waals surface area contributed by atoms with Gasteiger partial charge in [0, 0.05) is 31.7 Å². The van der Waals surface area contributed by atoms with Gasteiger partial charge in [-0.3, -0.25) is 4.90 Å². The van der Waals surface area contributed by atoms with E-state index in [2.05, 4.69) is 60.4 Å². The molecule has 2 fully saturated rings. The molecular weight excluding hydrogens is 512 g/mol. The van der Waals surface area contributed by atoms with Gasteiger partial charge in [-0.15, -0.1) is 15.0 Å². The molecule has 3 N–H and O–H groups in total. The van der Waals surface area contributed by atoms with E-state index in [0.717, 1.165) is 73.0 Å². The fourth-order valence-corrected chi connectivity index (χ4v) is 5.85. The summed E-state index contributed by atoms with van der Waals surface area (Å²) >= 11 is 1.48. The molecule has 0 amide bonds. The minimum atomic E-state index is 0.429. The van der Waals surface area contributed by atoms with Crippen LogP contribution in [0, 0.1) is 0 Å². The molecule has 4 heterocycles. The van der Waals surface area contributed by atoms with E-state index in [1.807, 2.05) is 30.3 Å². The zero-order chi connectivity index (χ0) is 26.4. The summed E-state index contributed by atoms with van der Waals surface area (Å²) in [5.41, 5.74) is 2.07. The number of hydrogen-bond donors (Lipinski definition) is 3. The summed E-state index contributed by atoms with van der Waals surface area (Å²) < 4.78 is 5.54. The van der Waals surface area contributed by atoms with Gasteiger partial charge in [-0.1, -0.05) is 29.5 Å². The SMILES string of the molecule is CN[C@H]1CC[C@H](Nc2cc(CN3CCOCC3)cc(Nc3ncc(-c4nnn(-c5ccccc5)n4)s3)n2)CC1. The second kappa shape index (κ2) is 12.2. The average molecular weight is 547 g/mol. The van der Waals surface area contributed by atoms with Crippen molar-refractivity contribution in [2.24, 2.45) is 0 Å². The van der Waals surface area contributed by atoms with Crippen LogP contribution in [0.15, 0.2) is 48.7 Å². The number of anilines is 3. The van der Waals surface area contributed by atoms with Crippen LogP contribution >= 0.6 is 11.3 Å². The minimum Gasteiger partial charge on any atom is -0.379 e. The molecule has 0 spiro atoms. The summed E-state index contributed by atoms with van der Waals surface area (Å²) in [6.45, 7) is 4.29. The van der Waals surface area contributed by atoms with Crippen molar-refractivity contribution in [3.8, 4) is 16.4 Å². The molecule has 4 aromatic rings. The maximum atomic E-state index is 5.54. The topological polar surface area (TPSA) is 118 Å². The molecule has 1 saturated heterocycles. The van der Waals surface area contributed by atoms with Crippen LogP contribution in [0.2, 0.25) is 0 Å². The van der Waals surface area contributed by atoms with Crippen molar-refractivity contribution in [1.82, 2.24) is 40.4 Å². The van der Waals surface area contributed by atoms with Gasteiger partial charge in [0.2, 0.25) is 5.82 Å². The molecule has 0 atom stereocenters. The van der Waals surface area contributed by atoms with Crippen LogP contribution < -0.4 is 16.0 Å². The number of nitrogens with zero attached hydrogens (tertiary/aromatic N) is 7. The van der Waals surface area contributed by atoms with Gasteiger partial charge in [0.25, 0.3) is 0 Å². The minimum absolute atomic E-state index is 0.429. The molecule has 0 unspecified atom stereocenters. The molecule has 204 valence electrons. The number of aromatic nitrogens is 6. The van der Waals surface area contributed by atoms with Crippen molar-refractivity contribution >= 4 is 28.1 Å². The lowest BCUT2D eigenvalue weighted by molar-refractivity contribution is 0.0342. The molecule has 12 heteroatoms. The Bertz CT molecular complexity index is 1350. The number of thiazole rings is 1. The lowest BCUT2D eigenvalue weighted by Gasteiger charge is -2.30. The first-order chi connectivity index (χ1) is 19.2. The molecular formula is C27H34N10OS. The number of nitrogens with one attached hydrogen (secondary N) is 3. The third-order valence-electron chi connectivity index (χ3n) is 7.24. The molecule has 2 aliphatic rings. The summed E-state index contributed by atoms with van der Waals surface area (Å²) in [5.74, 6) is 2.22. The average Bonchev–Trinajstić information content (AvgIpc) is 3.65. The Kier molecular flexibility index (Phi) is 8.05. The normalized spacial score (nSPS) is 20.1. The lowest BCUT2D eigenvalue weighted by Crippen LogP contribution is -2.36. The van der Waals surface area contributed by atoms with E-state index in [9.17, 15) is 0 Å². The van der Waals surface area contributed by atoms with Crippen molar-refractivity contribution in [2.45, 2.75) is 44.3 Å². The summed E-state index contributed by atoms with van der Waals surface area (Å²) in [5, 5.41) is 24.2. The van der Waals surface area contributed by atoms with E-state index in [4.69, 9.17) is 9.72 Å². The summed E-state index contributed by atoms with van der Waals surface area (Å²) in [6.07, 6.45) is 6.40. The van der Waals surface area contributed by atoms with Crippen molar-refractivity contribution in [2.75, 3.05) is 44.0 Å².